The predicted molar refractivity (Wildman–Crippen MR) is 86.1 cm³/mol. The first-order valence-electron chi connectivity index (χ1n) is 8.30. The molecule has 3 atom stereocenters. The van der Waals surface area contributed by atoms with Crippen LogP contribution < -0.4 is 0 Å². The van der Waals surface area contributed by atoms with Crippen molar-refractivity contribution in [2.75, 3.05) is 19.8 Å². The van der Waals surface area contributed by atoms with Crippen molar-refractivity contribution in [3.63, 3.8) is 0 Å². The van der Waals surface area contributed by atoms with Crippen molar-refractivity contribution in [1.29, 1.82) is 0 Å². The van der Waals surface area contributed by atoms with Crippen molar-refractivity contribution in [2.45, 2.75) is 51.1 Å². The van der Waals surface area contributed by atoms with Crippen LogP contribution in [-0.2, 0) is 0 Å². The maximum atomic E-state index is 9.77. The molecule has 1 fully saturated rings. The largest absolute Gasteiger partial charge is 0.396 e. The van der Waals surface area contributed by atoms with Crippen molar-refractivity contribution in [2.24, 2.45) is 5.92 Å². The zero-order valence-electron chi connectivity index (χ0n) is 13.1. The van der Waals surface area contributed by atoms with Gasteiger partial charge in [0.15, 0.2) is 0 Å². The smallest absolute Gasteiger partial charge is 0.0474 e. The van der Waals surface area contributed by atoms with Gasteiger partial charge in [-0.15, -0.1) is 0 Å². The lowest BCUT2D eigenvalue weighted by molar-refractivity contribution is 0.0331. The molecule has 118 valence electrons. The Morgan fingerprint density at radius 1 is 1.19 bits per heavy atom. The average Bonchev–Trinajstić information content (AvgIpc) is 2.56. The average molecular weight is 291 g/mol. The fraction of sp³-hybridized carbons (Fsp3) is 0.667. The van der Waals surface area contributed by atoms with E-state index in [9.17, 15) is 5.11 Å². The van der Waals surface area contributed by atoms with Gasteiger partial charge < -0.3 is 10.2 Å². The summed E-state index contributed by atoms with van der Waals surface area (Å²) in [7, 11) is 0. The van der Waals surface area contributed by atoms with Gasteiger partial charge in [0, 0.05) is 25.3 Å². The van der Waals surface area contributed by atoms with E-state index in [0.29, 0.717) is 12.1 Å². The molecule has 2 rings (SSSR count). The Morgan fingerprint density at radius 2 is 1.95 bits per heavy atom. The molecule has 1 aliphatic heterocycles. The second-order valence-corrected chi connectivity index (χ2v) is 6.20. The molecular formula is C18H29NO2. The van der Waals surface area contributed by atoms with Crippen LogP contribution in [0.15, 0.2) is 30.3 Å². The Kier molecular flexibility index (Phi) is 6.68. The van der Waals surface area contributed by atoms with Crippen LogP contribution in [0.25, 0.3) is 0 Å². The van der Waals surface area contributed by atoms with E-state index in [1.807, 2.05) is 0 Å². The van der Waals surface area contributed by atoms with E-state index in [0.717, 1.165) is 25.8 Å². The summed E-state index contributed by atoms with van der Waals surface area (Å²) >= 11 is 0. The first-order valence-corrected chi connectivity index (χ1v) is 8.30. The molecule has 1 heterocycles. The molecule has 0 radical (unpaired) electrons. The van der Waals surface area contributed by atoms with Crippen LogP contribution >= 0.6 is 0 Å². The van der Waals surface area contributed by atoms with Gasteiger partial charge in [0.05, 0.1) is 0 Å². The minimum atomic E-state index is 0.220. The fourth-order valence-corrected chi connectivity index (χ4v) is 3.65. The minimum Gasteiger partial charge on any atom is -0.396 e. The third-order valence-corrected chi connectivity index (χ3v) is 4.88. The van der Waals surface area contributed by atoms with Gasteiger partial charge in [-0.1, -0.05) is 36.8 Å². The Hall–Kier alpha value is -0.900. The van der Waals surface area contributed by atoms with Gasteiger partial charge in [0.2, 0.25) is 0 Å². The molecule has 0 aliphatic carbocycles. The Balaban J connectivity index is 2.10. The highest BCUT2D eigenvalue weighted by molar-refractivity contribution is 5.18. The first kappa shape index (κ1) is 16.5. The lowest BCUT2D eigenvalue weighted by atomic mass is 9.86. The number of hydrogen-bond acceptors (Lipinski definition) is 3. The summed E-state index contributed by atoms with van der Waals surface area (Å²) < 4.78 is 0. The highest BCUT2D eigenvalue weighted by atomic mass is 16.3. The molecule has 0 amide bonds. The van der Waals surface area contributed by atoms with Crippen LogP contribution in [-0.4, -0.2) is 40.9 Å². The van der Waals surface area contributed by atoms with Gasteiger partial charge in [0.25, 0.3) is 0 Å². The van der Waals surface area contributed by atoms with E-state index in [2.05, 4.69) is 42.2 Å². The highest BCUT2D eigenvalue weighted by Gasteiger charge is 2.32. The van der Waals surface area contributed by atoms with Crippen molar-refractivity contribution >= 4 is 0 Å². The second-order valence-electron chi connectivity index (χ2n) is 6.20. The van der Waals surface area contributed by atoms with E-state index >= 15 is 0 Å². The highest BCUT2D eigenvalue weighted by Crippen LogP contribution is 2.33. The SMILES string of the molecule is C[C@@H](c1ccccc1)N1CCCC[C@@H]1[C@H](CO)CCCO. The Bertz CT molecular complexity index is 395. The lowest BCUT2D eigenvalue weighted by Gasteiger charge is -2.43. The molecule has 0 unspecified atom stereocenters. The molecule has 1 saturated heterocycles. The summed E-state index contributed by atoms with van der Waals surface area (Å²) in [5.74, 6) is 0.281. The molecule has 21 heavy (non-hydrogen) atoms. The van der Waals surface area contributed by atoms with Crippen molar-refractivity contribution < 1.29 is 10.2 Å². The maximum Gasteiger partial charge on any atom is 0.0474 e. The quantitative estimate of drug-likeness (QED) is 0.811. The molecule has 0 aromatic heterocycles. The predicted octanol–water partition coefficient (Wildman–Crippen LogP) is 2.98. The molecular weight excluding hydrogens is 262 g/mol. The first-order chi connectivity index (χ1) is 10.3. The summed E-state index contributed by atoms with van der Waals surface area (Å²) in [5.41, 5.74) is 1.35. The monoisotopic (exact) mass is 291 g/mol. The standard InChI is InChI=1S/C18H29NO2/c1-15(16-8-3-2-4-9-16)19-12-6-5-11-18(19)17(14-21)10-7-13-20/h2-4,8-9,15,17-18,20-21H,5-7,10-14H2,1H3/t15-,17-,18+/m0/s1. The van der Waals surface area contributed by atoms with Crippen LogP contribution in [0.3, 0.4) is 0 Å². The van der Waals surface area contributed by atoms with Gasteiger partial charge >= 0.3 is 0 Å². The lowest BCUT2D eigenvalue weighted by Crippen LogP contribution is -2.46. The number of aliphatic hydroxyl groups excluding tert-OH is 2. The second kappa shape index (κ2) is 8.52. The fourth-order valence-electron chi connectivity index (χ4n) is 3.65. The van der Waals surface area contributed by atoms with Crippen molar-refractivity contribution in [1.82, 2.24) is 4.90 Å². The third kappa shape index (κ3) is 4.29. The number of piperidine rings is 1. The van der Waals surface area contributed by atoms with Crippen molar-refractivity contribution in [3.05, 3.63) is 35.9 Å². The van der Waals surface area contributed by atoms with E-state index < -0.39 is 0 Å². The third-order valence-electron chi connectivity index (χ3n) is 4.88. The van der Waals surface area contributed by atoms with E-state index in [-0.39, 0.29) is 19.1 Å². The Labute approximate surface area is 128 Å². The van der Waals surface area contributed by atoms with Gasteiger partial charge in [-0.05, 0) is 50.6 Å². The van der Waals surface area contributed by atoms with Gasteiger partial charge in [-0.25, -0.2) is 0 Å². The van der Waals surface area contributed by atoms with Gasteiger partial charge in [-0.2, -0.15) is 0 Å². The molecule has 3 heteroatoms. The Morgan fingerprint density at radius 3 is 2.62 bits per heavy atom. The summed E-state index contributed by atoms with van der Waals surface area (Å²) in [6.07, 6.45) is 5.35. The number of aliphatic hydroxyl groups is 2. The van der Waals surface area contributed by atoms with E-state index in [4.69, 9.17) is 5.11 Å². The number of nitrogens with zero attached hydrogens (tertiary/aromatic N) is 1. The number of likely N-dealkylation sites (tertiary alicyclic amines) is 1. The number of benzene rings is 1. The zero-order chi connectivity index (χ0) is 15.1. The topological polar surface area (TPSA) is 43.7 Å². The summed E-state index contributed by atoms with van der Waals surface area (Å²) in [5, 5.41) is 18.8. The molecule has 0 saturated carbocycles. The van der Waals surface area contributed by atoms with Crippen LogP contribution in [0.5, 0.6) is 0 Å². The molecule has 0 spiro atoms. The maximum absolute atomic E-state index is 9.77. The number of rotatable bonds is 7. The van der Waals surface area contributed by atoms with Crippen LogP contribution in [0.4, 0.5) is 0 Å². The van der Waals surface area contributed by atoms with Crippen molar-refractivity contribution in [3.8, 4) is 0 Å². The molecule has 1 aromatic rings. The summed E-state index contributed by atoms with van der Waals surface area (Å²) in [6.45, 7) is 3.82. The number of hydrogen-bond donors (Lipinski definition) is 2. The van der Waals surface area contributed by atoms with Gasteiger partial charge in [-0.3, -0.25) is 4.90 Å². The molecule has 1 aliphatic rings. The van der Waals surface area contributed by atoms with Gasteiger partial charge in [0.1, 0.15) is 0 Å². The molecule has 2 N–H and O–H groups in total. The van der Waals surface area contributed by atoms with E-state index in [1.54, 1.807) is 0 Å². The minimum absolute atomic E-state index is 0.220. The normalized spacial score (nSPS) is 22.9. The van der Waals surface area contributed by atoms with E-state index in [1.165, 1.54) is 18.4 Å². The summed E-state index contributed by atoms with van der Waals surface area (Å²) in [6, 6.07) is 11.5. The molecule has 1 aromatic carbocycles. The molecule has 0 bridgehead atoms. The molecule has 3 nitrogen and oxygen atoms in total. The zero-order valence-corrected chi connectivity index (χ0v) is 13.1. The summed E-state index contributed by atoms with van der Waals surface area (Å²) in [4.78, 5) is 2.57. The van der Waals surface area contributed by atoms with Crippen LogP contribution in [0.2, 0.25) is 0 Å². The van der Waals surface area contributed by atoms with Crippen LogP contribution in [0.1, 0.15) is 50.6 Å². The van der Waals surface area contributed by atoms with Crippen LogP contribution in [0, 0.1) is 5.92 Å².